The van der Waals surface area contributed by atoms with Crippen molar-refractivity contribution in [3.05, 3.63) is 87.7 Å². The van der Waals surface area contributed by atoms with Gasteiger partial charge >= 0.3 is 5.97 Å². The molecule has 1 aliphatic heterocycles. The van der Waals surface area contributed by atoms with E-state index in [1.54, 1.807) is 24.1 Å². The van der Waals surface area contributed by atoms with Gasteiger partial charge in [-0.25, -0.2) is 4.39 Å². The monoisotopic (exact) mass is 496 g/mol. The molecule has 1 N–H and O–H groups in total. The Morgan fingerprint density at radius 1 is 1.20 bits per heavy atom. The summed E-state index contributed by atoms with van der Waals surface area (Å²) in [6, 6.07) is 12.4. The number of ether oxygens (including phenoxy) is 2. The number of hydrogen-bond donors (Lipinski definition) is 1. The second-order valence-electron chi connectivity index (χ2n) is 8.29. The number of rotatable bonds is 5. The maximum Gasteiger partial charge on any atom is 0.303 e. The average molecular weight is 497 g/mol. The highest BCUT2D eigenvalue weighted by atomic mass is 35.5. The van der Waals surface area contributed by atoms with Crippen molar-refractivity contribution in [3.63, 3.8) is 0 Å². The van der Waals surface area contributed by atoms with E-state index in [4.69, 9.17) is 25.5 Å². The molecule has 0 unspecified atom stereocenters. The van der Waals surface area contributed by atoms with Crippen LogP contribution in [0.1, 0.15) is 46.1 Å². The second-order valence-corrected chi connectivity index (χ2v) is 8.72. The first-order valence-corrected chi connectivity index (χ1v) is 11.4. The summed E-state index contributed by atoms with van der Waals surface area (Å²) in [4.78, 5) is 29.8. The molecular weight excluding hydrogens is 475 g/mol. The smallest absolute Gasteiger partial charge is 0.303 e. The lowest BCUT2D eigenvalue weighted by Crippen LogP contribution is -2.40. The van der Waals surface area contributed by atoms with Crippen molar-refractivity contribution in [2.75, 3.05) is 13.7 Å². The number of fused-ring (bicyclic) bond motifs is 3. The maximum absolute atomic E-state index is 14.6. The van der Waals surface area contributed by atoms with Gasteiger partial charge < -0.3 is 23.8 Å². The highest BCUT2D eigenvalue weighted by molar-refractivity contribution is 6.31. The van der Waals surface area contributed by atoms with E-state index in [9.17, 15) is 14.0 Å². The minimum absolute atomic E-state index is 0.0321. The van der Waals surface area contributed by atoms with Gasteiger partial charge in [-0.15, -0.1) is 0 Å². The molecule has 0 spiro atoms. The third-order valence-corrected chi connectivity index (χ3v) is 6.36. The van der Waals surface area contributed by atoms with E-state index in [-0.39, 0.29) is 17.2 Å². The predicted octanol–water partition coefficient (Wildman–Crippen LogP) is 5.41. The van der Waals surface area contributed by atoms with E-state index in [1.165, 1.54) is 25.1 Å². The van der Waals surface area contributed by atoms with Crippen molar-refractivity contribution in [1.29, 1.82) is 0 Å². The van der Waals surface area contributed by atoms with Crippen LogP contribution in [0.3, 0.4) is 0 Å². The van der Waals surface area contributed by atoms with E-state index in [0.29, 0.717) is 24.5 Å². The van der Waals surface area contributed by atoms with Crippen LogP contribution in [0.15, 0.2) is 52.9 Å². The number of carbonyl (C=O) groups excluding carboxylic acids is 2. The largest absolute Gasteiger partial charge is 0.497 e. The minimum Gasteiger partial charge on any atom is -0.497 e. The lowest BCUT2D eigenvalue weighted by Gasteiger charge is -2.35. The fraction of sp³-hybridized carbons (Fsp3) is 0.231. The molecule has 4 aromatic rings. The Morgan fingerprint density at radius 3 is 2.80 bits per heavy atom. The van der Waals surface area contributed by atoms with E-state index in [0.717, 1.165) is 27.9 Å². The number of halogens is 2. The predicted molar refractivity (Wildman–Crippen MR) is 127 cm³/mol. The van der Waals surface area contributed by atoms with Gasteiger partial charge in [0.2, 0.25) is 0 Å². The number of esters is 1. The fourth-order valence-corrected chi connectivity index (χ4v) is 4.69. The molecule has 0 saturated carbocycles. The molecule has 2 aromatic carbocycles. The van der Waals surface area contributed by atoms with Gasteiger partial charge in [0.1, 0.15) is 35.7 Å². The van der Waals surface area contributed by atoms with Gasteiger partial charge in [0.15, 0.2) is 0 Å². The third-order valence-electron chi connectivity index (χ3n) is 6.12. The van der Waals surface area contributed by atoms with Crippen LogP contribution >= 0.6 is 11.6 Å². The standard InChI is InChI=1S/C26H22ClFN2O5/c1-14(31)34-13-17-5-8-23(35-17)25-24-18(19-12-16(33-2)4-7-22(19)29-24)9-10-30(25)26(32)20-11-15(27)3-6-21(20)28/h3-8,11-12,25,29H,9-10,13H2,1-2H3/t25-/m0/s1. The van der Waals surface area contributed by atoms with E-state index < -0.39 is 23.7 Å². The molecule has 5 rings (SSSR count). The van der Waals surface area contributed by atoms with Gasteiger partial charge in [-0.1, -0.05) is 11.6 Å². The zero-order valence-corrected chi connectivity index (χ0v) is 19.8. The number of nitrogens with zero attached hydrogens (tertiary/aromatic N) is 1. The second kappa shape index (κ2) is 9.11. The minimum atomic E-state index is -0.658. The van der Waals surface area contributed by atoms with Gasteiger partial charge in [-0.05, 0) is 60.5 Å². The highest BCUT2D eigenvalue weighted by Crippen LogP contribution is 2.40. The number of benzene rings is 2. The number of furan rings is 1. The molecule has 35 heavy (non-hydrogen) atoms. The summed E-state index contributed by atoms with van der Waals surface area (Å²) in [5.74, 6) is 0.0247. The molecule has 3 heterocycles. The molecule has 0 fully saturated rings. The van der Waals surface area contributed by atoms with Crippen LogP contribution in [0, 0.1) is 5.82 Å². The van der Waals surface area contributed by atoms with Crippen molar-refractivity contribution in [2.45, 2.75) is 26.0 Å². The molecule has 0 aliphatic carbocycles. The van der Waals surface area contributed by atoms with Crippen LogP contribution in [-0.4, -0.2) is 35.4 Å². The number of nitrogens with one attached hydrogen (secondary N) is 1. The normalized spacial score (nSPS) is 15.2. The Balaban J connectivity index is 1.62. The Bertz CT molecular complexity index is 1440. The number of aromatic nitrogens is 1. The third kappa shape index (κ3) is 4.25. The molecule has 7 nitrogen and oxygen atoms in total. The van der Waals surface area contributed by atoms with Crippen molar-refractivity contribution in [1.82, 2.24) is 9.88 Å². The van der Waals surface area contributed by atoms with Gasteiger partial charge in [-0.3, -0.25) is 9.59 Å². The van der Waals surface area contributed by atoms with Crippen LogP contribution in [0.25, 0.3) is 10.9 Å². The van der Waals surface area contributed by atoms with Crippen LogP contribution < -0.4 is 4.74 Å². The van der Waals surface area contributed by atoms with Gasteiger partial charge in [0.05, 0.1) is 18.4 Å². The summed E-state index contributed by atoms with van der Waals surface area (Å²) < 4.78 is 31.1. The first-order chi connectivity index (χ1) is 16.9. The highest BCUT2D eigenvalue weighted by Gasteiger charge is 2.37. The van der Waals surface area contributed by atoms with E-state index >= 15 is 0 Å². The molecule has 1 aliphatic rings. The van der Waals surface area contributed by atoms with Crippen LogP contribution in [0.5, 0.6) is 5.75 Å². The van der Waals surface area contributed by atoms with E-state index in [2.05, 4.69) is 4.98 Å². The molecule has 2 aromatic heterocycles. The summed E-state index contributed by atoms with van der Waals surface area (Å²) in [6.07, 6.45) is 0.550. The van der Waals surface area contributed by atoms with Crippen molar-refractivity contribution < 1.29 is 27.9 Å². The van der Waals surface area contributed by atoms with Crippen LogP contribution in [0.2, 0.25) is 5.02 Å². The summed E-state index contributed by atoms with van der Waals surface area (Å²) >= 11 is 6.06. The lowest BCUT2D eigenvalue weighted by molar-refractivity contribution is -0.142. The summed E-state index contributed by atoms with van der Waals surface area (Å²) in [5, 5.41) is 1.25. The number of amides is 1. The van der Waals surface area contributed by atoms with Gasteiger partial charge in [0, 0.05) is 29.4 Å². The Labute approximate surface area is 205 Å². The zero-order chi connectivity index (χ0) is 24.7. The summed E-state index contributed by atoms with van der Waals surface area (Å²) in [5.41, 5.74) is 2.56. The lowest BCUT2D eigenvalue weighted by atomic mass is 9.94. The van der Waals surface area contributed by atoms with Crippen molar-refractivity contribution in [3.8, 4) is 5.75 Å². The molecular formula is C26H22ClFN2O5. The maximum atomic E-state index is 14.6. The Morgan fingerprint density at radius 2 is 2.03 bits per heavy atom. The molecule has 180 valence electrons. The Hall–Kier alpha value is -3.78. The zero-order valence-electron chi connectivity index (χ0n) is 19.1. The first-order valence-electron chi connectivity index (χ1n) is 11.0. The topological polar surface area (TPSA) is 84.8 Å². The molecule has 1 amide bonds. The summed E-state index contributed by atoms with van der Waals surface area (Å²) in [6.45, 7) is 1.61. The SMILES string of the molecule is COc1ccc2[nH]c3c(c2c1)CCN(C(=O)c1cc(Cl)ccc1F)[C@H]3c1ccc(COC(C)=O)o1. The van der Waals surface area contributed by atoms with E-state index in [1.807, 2.05) is 18.2 Å². The fourth-order valence-electron chi connectivity index (χ4n) is 4.52. The molecule has 0 saturated heterocycles. The quantitative estimate of drug-likeness (QED) is 0.373. The molecule has 0 radical (unpaired) electrons. The summed E-state index contributed by atoms with van der Waals surface area (Å²) in [7, 11) is 1.61. The van der Waals surface area contributed by atoms with Gasteiger partial charge in [-0.2, -0.15) is 0 Å². The number of carbonyl (C=O) groups is 2. The molecule has 0 bridgehead atoms. The molecule has 9 heteroatoms. The number of aromatic amines is 1. The average Bonchev–Trinajstić information content (AvgIpc) is 3.47. The molecule has 1 atom stereocenters. The Kier molecular flexibility index (Phi) is 5.98. The number of hydrogen-bond acceptors (Lipinski definition) is 5. The first kappa shape index (κ1) is 23.0. The van der Waals surface area contributed by atoms with Gasteiger partial charge in [0.25, 0.3) is 5.91 Å². The van der Waals surface area contributed by atoms with Crippen LogP contribution in [0.4, 0.5) is 4.39 Å². The number of H-pyrrole nitrogens is 1. The number of methoxy groups -OCH3 is 1. The van der Waals surface area contributed by atoms with Crippen LogP contribution in [-0.2, 0) is 22.6 Å². The van der Waals surface area contributed by atoms with Crippen molar-refractivity contribution in [2.24, 2.45) is 0 Å². The van der Waals surface area contributed by atoms with Crippen molar-refractivity contribution >= 4 is 34.4 Å².